The smallest absolute Gasteiger partial charge is 0.251 e. The number of carbonyl (C=O) groups is 1. The largest absolute Gasteiger partial charge is 0.368 e. The van der Waals surface area contributed by atoms with Crippen molar-refractivity contribution in [3.05, 3.63) is 76.1 Å². The summed E-state index contributed by atoms with van der Waals surface area (Å²) in [5.41, 5.74) is 3.86. The lowest BCUT2D eigenvalue weighted by Crippen LogP contribution is -2.48. The fourth-order valence-electron chi connectivity index (χ4n) is 3.82. The van der Waals surface area contributed by atoms with E-state index in [0.717, 1.165) is 37.1 Å². The van der Waals surface area contributed by atoms with Gasteiger partial charge in [-0.3, -0.25) is 9.59 Å². The Morgan fingerprint density at radius 3 is 2.57 bits per heavy atom. The third-order valence-electron chi connectivity index (χ3n) is 5.44. The Morgan fingerprint density at radius 2 is 1.79 bits per heavy atom. The number of aryl methyl sites for hydroxylation is 2. The van der Waals surface area contributed by atoms with Crippen molar-refractivity contribution in [1.82, 2.24) is 9.88 Å². The Hall–Kier alpha value is -3.08. The monoisotopic (exact) mass is 375 g/mol. The molecule has 1 aliphatic heterocycles. The van der Waals surface area contributed by atoms with Gasteiger partial charge in [-0.05, 0) is 48.6 Å². The minimum atomic E-state index is -0.101. The number of benzene rings is 2. The first-order chi connectivity index (χ1) is 13.6. The first kappa shape index (κ1) is 18.3. The summed E-state index contributed by atoms with van der Waals surface area (Å²) in [6.07, 6.45) is 0.836. The zero-order valence-electron chi connectivity index (χ0n) is 16.1. The van der Waals surface area contributed by atoms with Crippen LogP contribution in [0.4, 0.5) is 5.69 Å². The highest BCUT2D eigenvalue weighted by Gasteiger charge is 2.21. The summed E-state index contributed by atoms with van der Waals surface area (Å²) >= 11 is 0. The summed E-state index contributed by atoms with van der Waals surface area (Å²) in [5, 5.41) is 0.997. The van der Waals surface area contributed by atoms with Gasteiger partial charge in [0, 0.05) is 49.4 Å². The molecule has 28 heavy (non-hydrogen) atoms. The third-order valence-corrected chi connectivity index (χ3v) is 5.44. The van der Waals surface area contributed by atoms with Gasteiger partial charge in [0.2, 0.25) is 5.91 Å². The highest BCUT2D eigenvalue weighted by Crippen LogP contribution is 2.18. The van der Waals surface area contributed by atoms with Gasteiger partial charge in [-0.1, -0.05) is 30.3 Å². The number of rotatable bonds is 4. The molecular weight excluding hydrogens is 350 g/mol. The van der Waals surface area contributed by atoms with Crippen LogP contribution in [-0.2, 0) is 11.2 Å². The molecule has 1 saturated heterocycles. The second-order valence-corrected chi connectivity index (χ2v) is 7.42. The van der Waals surface area contributed by atoms with E-state index in [1.165, 1.54) is 11.3 Å². The maximum absolute atomic E-state index is 12.6. The lowest BCUT2D eigenvalue weighted by molar-refractivity contribution is -0.131. The number of H-pyrrole nitrogens is 1. The van der Waals surface area contributed by atoms with Crippen LogP contribution >= 0.6 is 0 Å². The van der Waals surface area contributed by atoms with Crippen molar-refractivity contribution in [2.45, 2.75) is 19.8 Å². The van der Waals surface area contributed by atoms with Crippen LogP contribution in [0.2, 0.25) is 0 Å². The predicted molar refractivity (Wildman–Crippen MR) is 113 cm³/mol. The van der Waals surface area contributed by atoms with E-state index in [1.54, 1.807) is 0 Å². The molecule has 1 aromatic heterocycles. The van der Waals surface area contributed by atoms with Gasteiger partial charge >= 0.3 is 0 Å². The molecule has 0 aliphatic carbocycles. The molecule has 1 fully saturated rings. The number of nitrogens with one attached hydrogen (secondary N) is 1. The average Bonchev–Trinajstić information content (AvgIpc) is 2.72. The van der Waals surface area contributed by atoms with Gasteiger partial charge < -0.3 is 14.8 Å². The lowest BCUT2D eigenvalue weighted by Gasteiger charge is -2.36. The van der Waals surface area contributed by atoms with Crippen LogP contribution in [0.3, 0.4) is 0 Å². The Labute approximate surface area is 164 Å². The number of para-hydroxylation sites is 1. The first-order valence-corrected chi connectivity index (χ1v) is 9.80. The zero-order valence-corrected chi connectivity index (χ0v) is 16.1. The number of piperazine rings is 1. The fraction of sp³-hybridized carbons (Fsp3) is 0.304. The number of anilines is 1. The van der Waals surface area contributed by atoms with Crippen LogP contribution in [-0.4, -0.2) is 42.0 Å². The summed E-state index contributed by atoms with van der Waals surface area (Å²) in [7, 11) is 0. The van der Waals surface area contributed by atoms with Gasteiger partial charge in [0.05, 0.1) is 0 Å². The molecule has 2 heterocycles. The van der Waals surface area contributed by atoms with Crippen LogP contribution in [0.1, 0.15) is 17.5 Å². The van der Waals surface area contributed by atoms with Gasteiger partial charge in [-0.15, -0.1) is 0 Å². The molecule has 5 nitrogen and oxygen atoms in total. The Morgan fingerprint density at radius 1 is 1.00 bits per heavy atom. The topological polar surface area (TPSA) is 56.4 Å². The van der Waals surface area contributed by atoms with E-state index in [-0.39, 0.29) is 11.5 Å². The van der Waals surface area contributed by atoms with Crippen molar-refractivity contribution >= 4 is 22.5 Å². The van der Waals surface area contributed by atoms with E-state index < -0.39 is 0 Å². The standard InChI is InChI=1S/C23H25N3O2/c1-17-5-4-7-20(15-17)25-11-13-26(14-12-25)22(27)10-9-19-16-18-6-2-3-8-21(18)24-23(19)28/h2-8,15-16H,9-14H2,1H3,(H,24,28). The van der Waals surface area contributed by atoms with Crippen LogP contribution < -0.4 is 10.5 Å². The van der Waals surface area contributed by atoms with E-state index in [0.29, 0.717) is 18.4 Å². The molecule has 0 spiro atoms. The van der Waals surface area contributed by atoms with Crippen molar-refractivity contribution < 1.29 is 4.79 Å². The molecule has 0 atom stereocenters. The molecule has 0 bridgehead atoms. The SMILES string of the molecule is Cc1cccc(N2CCN(C(=O)CCc3cc4ccccc4[nH]c3=O)CC2)c1. The van der Waals surface area contributed by atoms with Gasteiger partial charge in [0.1, 0.15) is 0 Å². The van der Waals surface area contributed by atoms with Crippen LogP contribution in [0.5, 0.6) is 0 Å². The van der Waals surface area contributed by atoms with E-state index in [2.05, 4.69) is 41.1 Å². The summed E-state index contributed by atoms with van der Waals surface area (Å²) in [4.78, 5) is 32.0. The zero-order chi connectivity index (χ0) is 19.5. The molecule has 0 radical (unpaired) electrons. The van der Waals surface area contributed by atoms with Crippen molar-refractivity contribution in [3.8, 4) is 0 Å². The molecule has 1 N–H and O–H groups in total. The second-order valence-electron chi connectivity index (χ2n) is 7.42. The normalized spacial score (nSPS) is 14.5. The van der Waals surface area contributed by atoms with E-state index in [1.807, 2.05) is 35.2 Å². The lowest BCUT2D eigenvalue weighted by atomic mass is 10.1. The summed E-state index contributed by atoms with van der Waals surface area (Å²) in [6, 6.07) is 18.1. The fourth-order valence-corrected chi connectivity index (χ4v) is 3.82. The van der Waals surface area contributed by atoms with Gasteiger partial charge in [0.25, 0.3) is 5.56 Å². The number of nitrogens with zero attached hydrogens (tertiary/aromatic N) is 2. The molecule has 0 saturated carbocycles. The van der Waals surface area contributed by atoms with Crippen LogP contribution in [0, 0.1) is 6.92 Å². The minimum absolute atomic E-state index is 0.101. The summed E-state index contributed by atoms with van der Waals surface area (Å²) in [6.45, 7) is 5.22. The minimum Gasteiger partial charge on any atom is -0.368 e. The number of aromatic nitrogens is 1. The summed E-state index contributed by atoms with van der Waals surface area (Å²) < 4.78 is 0. The van der Waals surface area contributed by atoms with Crippen molar-refractivity contribution in [1.29, 1.82) is 0 Å². The molecule has 4 rings (SSSR count). The van der Waals surface area contributed by atoms with Gasteiger partial charge in [-0.25, -0.2) is 0 Å². The van der Waals surface area contributed by atoms with Crippen LogP contribution in [0.25, 0.3) is 10.9 Å². The van der Waals surface area contributed by atoms with Gasteiger partial charge in [-0.2, -0.15) is 0 Å². The quantitative estimate of drug-likeness (QED) is 0.762. The van der Waals surface area contributed by atoms with Crippen molar-refractivity contribution in [3.63, 3.8) is 0 Å². The molecule has 1 amide bonds. The molecule has 3 aromatic rings. The predicted octanol–water partition coefficient (Wildman–Crippen LogP) is 3.12. The maximum atomic E-state index is 12.6. The van der Waals surface area contributed by atoms with Crippen molar-refractivity contribution in [2.75, 3.05) is 31.1 Å². The number of hydrogen-bond donors (Lipinski definition) is 1. The summed E-state index contributed by atoms with van der Waals surface area (Å²) in [5.74, 6) is 0.122. The molecule has 0 unspecified atom stereocenters. The first-order valence-electron chi connectivity index (χ1n) is 9.80. The number of hydrogen-bond acceptors (Lipinski definition) is 3. The van der Waals surface area contributed by atoms with E-state index in [9.17, 15) is 9.59 Å². The number of amides is 1. The highest BCUT2D eigenvalue weighted by atomic mass is 16.2. The molecule has 144 valence electrons. The average molecular weight is 375 g/mol. The third kappa shape index (κ3) is 3.93. The molecular formula is C23H25N3O2. The van der Waals surface area contributed by atoms with E-state index in [4.69, 9.17) is 0 Å². The maximum Gasteiger partial charge on any atom is 0.251 e. The van der Waals surface area contributed by atoms with Crippen molar-refractivity contribution in [2.24, 2.45) is 0 Å². The van der Waals surface area contributed by atoms with E-state index >= 15 is 0 Å². The number of aromatic amines is 1. The highest BCUT2D eigenvalue weighted by molar-refractivity contribution is 5.79. The Balaban J connectivity index is 1.35. The number of pyridine rings is 1. The molecule has 5 heteroatoms. The number of fused-ring (bicyclic) bond motifs is 1. The Bertz CT molecular complexity index is 1050. The Kier molecular flexibility index (Phi) is 5.15. The molecule has 2 aromatic carbocycles. The van der Waals surface area contributed by atoms with Gasteiger partial charge in [0.15, 0.2) is 0 Å². The van der Waals surface area contributed by atoms with Crippen LogP contribution in [0.15, 0.2) is 59.4 Å². The molecule has 1 aliphatic rings. The number of carbonyl (C=O) groups excluding carboxylic acids is 1. The second kappa shape index (κ2) is 7.89.